The van der Waals surface area contributed by atoms with Crippen LogP contribution in [0.25, 0.3) is 0 Å². The number of benzene rings is 2. The van der Waals surface area contributed by atoms with E-state index in [1.165, 1.54) is 11.6 Å². The Labute approximate surface area is 112 Å². The average molecular weight is 264 g/mol. The van der Waals surface area contributed by atoms with Gasteiger partial charge in [0.05, 0.1) is 5.02 Å². The lowest BCUT2D eigenvalue weighted by molar-refractivity contribution is 0.628. The lowest BCUT2D eigenvalue weighted by Gasteiger charge is -2.14. The van der Waals surface area contributed by atoms with Crippen LogP contribution in [-0.2, 0) is 0 Å². The zero-order chi connectivity index (χ0) is 13.0. The molecule has 2 aromatic rings. The van der Waals surface area contributed by atoms with E-state index in [-0.39, 0.29) is 5.02 Å². The van der Waals surface area contributed by atoms with E-state index in [1.807, 2.05) is 18.2 Å². The van der Waals surface area contributed by atoms with E-state index >= 15 is 0 Å². The minimum absolute atomic E-state index is 0.146. The molecular weight excluding hydrogens is 249 g/mol. The summed E-state index contributed by atoms with van der Waals surface area (Å²) < 4.78 is 13.0. The van der Waals surface area contributed by atoms with Gasteiger partial charge in [-0.15, -0.1) is 0 Å². The Morgan fingerprint density at radius 3 is 2.56 bits per heavy atom. The first kappa shape index (κ1) is 12.9. The number of rotatable bonds is 4. The number of halogens is 2. The molecule has 0 bridgehead atoms. The molecule has 0 heterocycles. The fraction of sp³-hybridized carbons (Fsp3) is 0.200. The number of hydrogen-bond donors (Lipinski definition) is 1. The Kier molecular flexibility index (Phi) is 4.21. The van der Waals surface area contributed by atoms with E-state index in [0.29, 0.717) is 5.92 Å². The van der Waals surface area contributed by atoms with Crippen molar-refractivity contribution in [1.82, 2.24) is 0 Å². The zero-order valence-corrected chi connectivity index (χ0v) is 10.9. The van der Waals surface area contributed by atoms with Crippen molar-refractivity contribution in [3.8, 4) is 0 Å². The molecule has 0 saturated heterocycles. The second kappa shape index (κ2) is 5.87. The Bertz CT molecular complexity index is 513. The van der Waals surface area contributed by atoms with Gasteiger partial charge in [0.2, 0.25) is 0 Å². The van der Waals surface area contributed by atoms with Crippen LogP contribution >= 0.6 is 11.6 Å². The Hall–Kier alpha value is -1.54. The largest absolute Gasteiger partial charge is 0.384 e. The van der Waals surface area contributed by atoms with Gasteiger partial charge in [-0.3, -0.25) is 0 Å². The van der Waals surface area contributed by atoms with E-state index in [2.05, 4.69) is 24.4 Å². The summed E-state index contributed by atoms with van der Waals surface area (Å²) in [5.41, 5.74) is 2.11. The molecule has 2 aromatic carbocycles. The van der Waals surface area contributed by atoms with Crippen molar-refractivity contribution < 1.29 is 4.39 Å². The van der Waals surface area contributed by atoms with Gasteiger partial charge in [0.1, 0.15) is 5.82 Å². The predicted octanol–water partition coefficient (Wildman–Crippen LogP) is 4.69. The van der Waals surface area contributed by atoms with Crippen molar-refractivity contribution >= 4 is 17.3 Å². The molecule has 3 heteroatoms. The molecule has 1 N–H and O–H groups in total. The standard InChI is InChI=1S/C15H15ClFN/c1-11(12-5-3-2-4-6-12)10-18-13-7-8-15(17)14(16)9-13/h2-9,11,18H,10H2,1H3. The molecule has 1 nitrogen and oxygen atoms in total. The normalized spacial score (nSPS) is 12.2. The highest BCUT2D eigenvalue weighted by molar-refractivity contribution is 6.31. The number of hydrogen-bond acceptors (Lipinski definition) is 1. The fourth-order valence-corrected chi connectivity index (χ4v) is 1.96. The van der Waals surface area contributed by atoms with Crippen molar-refractivity contribution in [2.45, 2.75) is 12.8 Å². The molecule has 0 spiro atoms. The van der Waals surface area contributed by atoms with Crippen molar-refractivity contribution in [1.29, 1.82) is 0 Å². The van der Waals surface area contributed by atoms with Gasteiger partial charge in [-0.05, 0) is 29.7 Å². The molecule has 0 fully saturated rings. The minimum Gasteiger partial charge on any atom is -0.384 e. The minimum atomic E-state index is -0.390. The number of nitrogens with one attached hydrogen (secondary N) is 1. The highest BCUT2D eigenvalue weighted by atomic mass is 35.5. The summed E-state index contributed by atoms with van der Waals surface area (Å²) >= 11 is 5.73. The Morgan fingerprint density at radius 2 is 1.89 bits per heavy atom. The summed E-state index contributed by atoms with van der Waals surface area (Å²) in [6.07, 6.45) is 0. The topological polar surface area (TPSA) is 12.0 Å². The highest BCUT2D eigenvalue weighted by Gasteiger charge is 2.05. The van der Waals surface area contributed by atoms with E-state index in [0.717, 1.165) is 12.2 Å². The molecule has 2 rings (SSSR count). The summed E-state index contributed by atoms with van der Waals surface area (Å²) in [6, 6.07) is 14.9. The van der Waals surface area contributed by atoms with Crippen LogP contribution in [-0.4, -0.2) is 6.54 Å². The monoisotopic (exact) mass is 263 g/mol. The quantitative estimate of drug-likeness (QED) is 0.843. The second-order valence-electron chi connectivity index (χ2n) is 4.32. The van der Waals surface area contributed by atoms with E-state index in [1.54, 1.807) is 12.1 Å². The average Bonchev–Trinajstić information content (AvgIpc) is 2.41. The first-order chi connectivity index (χ1) is 8.66. The van der Waals surface area contributed by atoms with Crippen LogP contribution in [0.1, 0.15) is 18.4 Å². The van der Waals surface area contributed by atoms with Crippen molar-refractivity contribution in [2.24, 2.45) is 0 Å². The lowest BCUT2D eigenvalue weighted by Crippen LogP contribution is -2.09. The third-order valence-electron chi connectivity index (χ3n) is 2.90. The predicted molar refractivity (Wildman–Crippen MR) is 74.8 cm³/mol. The van der Waals surface area contributed by atoms with Crippen LogP contribution in [0.2, 0.25) is 5.02 Å². The third-order valence-corrected chi connectivity index (χ3v) is 3.19. The van der Waals surface area contributed by atoms with Crippen LogP contribution in [0.4, 0.5) is 10.1 Å². The molecule has 0 amide bonds. The summed E-state index contributed by atoms with van der Waals surface area (Å²) in [7, 11) is 0. The van der Waals surface area contributed by atoms with Crippen molar-refractivity contribution in [3.05, 3.63) is 64.9 Å². The van der Waals surface area contributed by atoms with Gasteiger partial charge >= 0.3 is 0 Å². The van der Waals surface area contributed by atoms with Gasteiger partial charge in [-0.2, -0.15) is 0 Å². The maximum absolute atomic E-state index is 13.0. The zero-order valence-electron chi connectivity index (χ0n) is 10.2. The molecule has 18 heavy (non-hydrogen) atoms. The molecule has 0 aliphatic rings. The molecular formula is C15H15ClFN. The lowest BCUT2D eigenvalue weighted by atomic mass is 10.0. The molecule has 0 radical (unpaired) electrons. The van der Waals surface area contributed by atoms with Crippen molar-refractivity contribution in [2.75, 3.05) is 11.9 Å². The summed E-state index contributed by atoms with van der Waals surface area (Å²) in [4.78, 5) is 0. The maximum Gasteiger partial charge on any atom is 0.141 e. The summed E-state index contributed by atoms with van der Waals surface area (Å²) in [5, 5.41) is 3.41. The van der Waals surface area contributed by atoms with Crippen molar-refractivity contribution in [3.63, 3.8) is 0 Å². The van der Waals surface area contributed by atoms with Gasteiger partial charge in [0.15, 0.2) is 0 Å². The van der Waals surface area contributed by atoms with Crippen LogP contribution < -0.4 is 5.32 Å². The first-order valence-electron chi connectivity index (χ1n) is 5.90. The van der Waals surface area contributed by atoms with Crippen LogP contribution in [0, 0.1) is 5.82 Å². The van der Waals surface area contributed by atoms with Gasteiger partial charge in [-0.1, -0.05) is 48.9 Å². The van der Waals surface area contributed by atoms with Crippen LogP contribution in [0.15, 0.2) is 48.5 Å². The SMILES string of the molecule is CC(CNc1ccc(F)c(Cl)c1)c1ccccc1. The third kappa shape index (κ3) is 3.23. The molecule has 94 valence electrons. The van der Waals surface area contributed by atoms with E-state index < -0.39 is 5.82 Å². The van der Waals surface area contributed by atoms with Gasteiger partial charge < -0.3 is 5.32 Å². The Balaban J connectivity index is 1.97. The summed E-state index contributed by atoms with van der Waals surface area (Å²) in [5.74, 6) is -0.00615. The molecule has 1 atom stereocenters. The van der Waals surface area contributed by atoms with Gasteiger partial charge in [-0.25, -0.2) is 4.39 Å². The maximum atomic E-state index is 13.0. The van der Waals surface area contributed by atoms with Gasteiger partial charge in [0, 0.05) is 12.2 Å². The molecule has 0 aliphatic heterocycles. The molecule has 0 saturated carbocycles. The number of anilines is 1. The molecule has 0 aliphatic carbocycles. The fourth-order valence-electron chi connectivity index (χ4n) is 1.78. The molecule has 0 aromatic heterocycles. The van der Waals surface area contributed by atoms with Crippen LogP contribution in [0.5, 0.6) is 0 Å². The Morgan fingerprint density at radius 1 is 1.17 bits per heavy atom. The second-order valence-corrected chi connectivity index (χ2v) is 4.73. The smallest absolute Gasteiger partial charge is 0.141 e. The van der Waals surface area contributed by atoms with E-state index in [9.17, 15) is 4.39 Å². The molecule has 1 unspecified atom stereocenters. The van der Waals surface area contributed by atoms with E-state index in [4.69, 9.17) is 11.6 Å². The summed E-state index contributed by atoms with van der Waals surface area (Å²) in [6.45, 7) is 2.93. The van der Waals surface area contributed by atoms with Gasteiger partial charge in [0.25, 0.3) is 0 Å². The highest BCUT2D eigenvalue weighted by Crippen LogP contribution is 2.21. The van der Waals surface area contributed by atoms with Crippen LogP contribution in [0.3, 0.4) is 0 Å². The first-order valence-corrected chi connectivity index (χ1v) is 6.28.